The summed E-state index contributed by atoms with van der Waals surface area (Å²) in [6.45, 7) is 0. The highest BCUT2D eigenvalue weighted by Gasteiger charge is 2.12. The summed E-state index contributed by atoms with van der Waals surface area (Å²) in [6, 6.07) is 19.2. The average Bonchev–Trinajstić information content (AvgIpc) is 2.74. The second-order valence-corrected chi connectivity index (χ2v) is 8.60. The summed E-state index contributed by atoms with van der Waals surface area (Å²) in [7, 11) is 0. The Morgan fingerprint density at radius 2 is 1.80 bits per heavy atom. The molecule has 30 heavy (non-hydrogen) atoms. The van der Waals surface area contributed by atoms with Gasteiger partial charge in [-0.1, -0.05) is 34.1 Å². The van der Waals surface area contributed by atoms with Crippen molar-refractivity contribution in [2.24, 2.45) is 0 Å². The van der Waals surface area contributed by atoms with Crippen LogP contribution in [-0.4, -0.2) is 14.5 Å². The molecule has 0 fully saturated rings. The van der Waals surface area contributed by atoms with Gasteiger partial charge in [0.1, 0.15) is 5.82 Å². The molecule has 0 spiro atoms. The molecule has 0 amide bonds. The van der Waals surface area contributed by atoms with Crippen molar-refractivity contribution in [3.05, 3.63) is 107 Å². The number of nitrogens with zero attached hydrogens (tertiary/aromatic N) is 3. The highest BCUT2D eigenvalue weighted by molar-refractivity contribution is 14.1. The van der Waals surface area contributed by atoms with Gasteiger partial charge in [0, 0.05) is 20.2 Å². The highest BCUT2D eigenvalue weighted by Crippen LogP contribution is 2.20. The van der Waals surface area contributed by atoms with Crippen LogP contribution < -0.4 is 5.56 Å². The lowest BCUT2D eigenvalue weighted by atomic mass is 10.2. The maximum atomic E-state index is 13.3. The minimum atomic E-state index is -0.439. The van der Waals surface area contributed by atoms with Crippen molar-refractivity contribution in [3.8, 4) is 5.69 Å². The number of hydrogen-bond donors (Lipinski definition) is 0. The number of hydrogen-bond acceptors (Lipinski definition) is 4. The van der Waals surface area contributed by atoms with Gasteiger partial charge in [0.05, 0.1) is 21.5 Å². The zero-order valence-electron chi connectivity index (χ0n) is 15.3. The van der Waals surface area contributed by atoms with E-state index in [9.17, 15) is 14.9 Å². The molecule has 0 atom stereocenters. The highest BCUT2D eigenvalue weighted by atomic mass is 127. The summed E-state index contributed by atoms with van der Waals surface area (Å²) in [5.74, 6) is 0.433. The van der Waals surface area contributed by atoms with Gasteiger partial charge in [-0.25, -0.2) is 4.98 Å². The van der Waals surface area contributed by atoms with Crippen molar-refractivity contribution in [3.63, 3.8) is 0 Å². The Labute approximate surface area is 193 Å². The molecule has 6 nitrogen and oxygen atoms in total. The Kier molecular flexibility index (Phi) is 5.78. The van der Waals surface area contributed by atoms with Crippen molar-refractivity contribution in [1.82, 2.24) is 9.55 Å². The molecule has 0 aliphatic carbocycles. The van der Waals surface area contributed by atoms with Gasteiger partial charge in [-0.3, -0.25) is 19.5 Å². The Balaban J connectivity index is 1.91. The van der Waals surface area contributed by atoms with E-state index >= 15 is 0 Å². The molecule has 1 heterocycles. The molecule has 3 aromatic carbocycles. The maximum absolute atomic E-state index is 13.3. The van der Waals surface area contributed by atoms with Crippen LogP contribution in [-0.2, 0) is 0 Å². The SMILES string of the molecule is O=c1c2cc(I)ccc2nc(/C=C/c2cccc([N+](=O)[O-])c2)n1-c1ccc(Br)cc1. The standard InChI is InChI=1S/C22H13BrIN3O3/c23-15-5-8-17(9-6-15)26-21(11-4-14-2-1-3-18(12-14)27(29)30)25-20-10-7-16(24)13-19(20)22(26)28/h1-13H/b11-4+. The van der Waals surface area contributed by atoms with Crippen molar-refractivity contribution in [2.75, 3.05) is 0 Å². The van der Waals surface area contributed by atoms with Crippen LogP contribution >= 0.6 is 38.5 Å². The van der Waals surface area contributed by atoms with Gasteiger partial charge < -0.3 is 0 Å². The van der Waals surface area contributed by atoms with E-state index in [-0.39, 0.29) is 11.2 Å². The number of fused-ring (bicyclic) bond motifs is 1. The number of nitro groups is 1. The van der Waals surface area contributed by atoms with E-state index in [0.717, 1.165) is 8.04 Å². The molecule has 4 aromatic rings. The minimum Gasteiger partial charge on any atom is -0.268 e. The fraction of sp³-hybridized carbons (Fsp3) is 0. The molecular formula is C22H13BrIN3O3. The van der Waals surface area contributed by atoms with Crippen LogP contribution in [0.2, 0.25) is 0 Å². The summed E-state index contributed by atoms with van der Waals surface area (Å²) in [4.78, 5) is 28.6. The lowest BCUT2D eigenvalue weighted by Crippen LogP contribution is -2.22. The fourth-order valence-corrected chi connectivity index (χ4v) is 3.79. The van der Waals surface area contributed by atoms with Crippen LogP contribution in [0.4, 0.5) is 5.69 Å². The van der Waals surface area contributed by atoms with Crippen LogP contribution in [0.25, 0.3) is 28.7 Å². The molecule has 1 aromatic heterocycles. The maximum Gasteiger partial charge on any atom is 0.270 e. The first-order chi connectivity index (χ1) is 14.4. The zero-order chi connectivity index (χ0) is 21.3. The molecule has 0 radical (unpaired) electrons. The van der Waals surface area contributed by atoms with Crippen LogP contribution in [0.1, 0.15) is 11.4 Å². The zero-order valence-corrected chi connectivity index (χ0v) is 19.1. The third-order valence-electron chi connectivity index (χ3n) is 4.45. The third kappa shape index (κ3) is 4.19. The number of benzene rings is 3. The normalized spacial score (nSPS) is 11.3. The van der Waals surface area contributed by atoms with Crippen molar-refractivity contribution < 1.29 is 4.92 Å². The lowest BCUT2D eigenvalue weighted by Gasteiger charge is -2.12. The van der Waals surface area contributed by atoms with Crippen molar-refractivity contribution in [2.45, 2.75) is 0 Å². The Hall–Kier alpha value is -2.85. The summed E-state index contributed by atoms with van der Waals surface area (Å²) >= 11 is 5.58. The molecule has 4 rings (SSSR count). The lowest BCUT2D eigenvalue weighted by molar-refractivity contribution is -0.384. The molecule has 0 saturated heterocycles. The van der Waals surface area contributed by atoms with Crippen LogP contribution in [0.5, 0.6) is 0 Å². The van der Waals surface area contributed by atoms with Gasteiger partial charge in [0.2, 0.25) is 0 Å². The number of halogens is 2. The van der Waals surface area contributed by atoms with E-state index < -0.39 is 4.92 Å². The molecular weight excluding hydrogens is 561 g/mol. The molecule has 0 bridgehead atoms. The Morgan fingerprint density at radius 1 is 1.03 bits per heavy atom. The molecule has 0 unspecified atom stereocenters. The molecule has 0 aliphatic heterocycles. The smallest absolute Gasteiger partial charge is 0.268 e. The number of non-ortho nitro benzene ring substituents is 1. The minimum absolute atomic E-state index is 0.00324. The topological polar surface area (TPSA) is 78.0 Å². The third-order valence-corrected chi connectivity index (χ3v) is 5.65. The largest absolute Gasteiger partial charge is 0.270 e. The molecule has 8 heteroatoms. The van der Waals surface area contributed by atoms with Gasteiger partial charge in [0.15, 0.2) is 0 Å². The molecule has 148 valence electrons. The summed E-state index contributed by atoms with van der Waals surface area (Å²) in [5, 5.41) is 11.6. The van der Waals surface area contributed by atoms with Crippen LogP contribution in [0.15, 0.2) is 76.0 Å². The second-order valence-electron chi connectivity index (χ2n) is 6.43. The Morgan fingerprint density at radius 3 is 2.53 bits per heavy atom. The monoisotopic (exact) mass is 573 g/mol. The number of rotatable bonds is 4. The van der Waals surface area contributed by atoms with E-state index in [1.807, 2.05) is 42.5 Å². The predicted octanol–water partition coefficient (Wildman–Crippen LogP) is 5.83. The quantitative estimate of drug-likeness (QED) is 0.175. The van der Waals surface area contributed by atoms with Gasteiger partial charge in [-0.05, 0) is 76.7 Å². The summed E-state index contributed by atoms with van der Waals surface area (Å²) in [5.41, 5.74) is 1.73. The van der Waals surface area contributed by atoms with E-state index in [4.69, 9.17) is 0 Å². The van der Waals surface area contributed by atoms with Gasteiger partial charge in [-0.15, -0.1) is 0 Å². The molecule has 0 saturated carbocycles. The van der Waals surface area contributed by atoms with Gasteiger partial charge >= 0.3 is 0 Å². The van der Waals surface area contributed by atoms with Crippen molar-refractivity contribution >= 4 is 67.3 Å². The van der Waals surface area contributed by atoms with Gasteiger partial charge in [-0.2, -0.15) is 0 Å². The fourth-order valence-electron chi connectivity index (χ4n) is 3.04. The summed E-state index contributed by atoms with van der Waals surface area (Å²) in [6.07, 6.45) is 3.41. The first-order valence-corrected chi connectivity index (χ1v) is 10.7. The second kappa shape index (κ2) is 8.49. The molecule has 0 aliphatic rings. The van der Waals surface area contributed by atoms with Gasteiger partial charge in [0.25, 0.3) is 11.2 Å². The molecule has 0 N–H and O–H groups in total. The van der Waals surface area contributed by atoms with Crippen LogP contribution in [0.3, 0.4) is 0 Å². The van der Waals surface area contributed by atoms with E-state index in [1.165, 1.54) is 12.1 Å². The first-order valence-electron chi connectivity index (χ1n) is 8.83. The predicted molar refractivity (Wildman–Crippen MR) is 130 cm³/mol. The average molecular weight is 574 g/mol. The van der Waals surface area contributed by atoms with E-state index in [1.54, 1.807) is 28.9 Å². The number of aromatic nitrogens is 2. The van der Waals surface area contributed by atoms with Crippen molar-refractivity contribution in [1.29, 1.82) is 0 Å². The van der Waals surface area contributed by atoms with Crippen LogP contribution in [0, 0.1) is 13.7 Å². The van der Waals surface area contributed by atoms with E-state index in [2.05, 4.69) is 43.5 Å². The van der Waals surface area contributed by atoms with E-state index in [0.29, 0.717) is 28.0 Å². The summed E-state index contributed by atoms with van der Waals surface area (Å²) < 4.78 is 3.39. The number of nitro benzene ring substituents is 1. The first kappa shape index (κ1) is 20.4. The Bertz CT molecular complexity index is 1360.